The Labute approximate surface area is 173 Å². The minimum absolute atomic E-state index is 0.00297. The van der Waals surface area contributed by atoms with Crippen molar-refractivity contribution in [2.45, 2.75) is 17.7 Å². The van der Waals surface area contributed by atoms with Gasteiger partial charge in [0, 0.05) is 17.6 Å². The van der Waals surface area contributed by atoms with Gasteiger partial charge < -0.3 is 0 Å². The Morgan fingerprint density at radius 3 is 2.37 bits per heavy atom. The molecule has 1 aromatic heterocycles. The van der Waals surface area contributed by atoms with Gasteiger partial charge in [0.1, 0.15) is 4.90 Å². The fourth-order valence-corrected chi connectivity index (χ4v) is 4.58. The molecule has 8 heteroatoms. The van der Waals surface area contributed by atoms with Crippen LogP contribution in [0.15, 0.2) is 65.7 Å². The predicted octanol–water partition coefficient (Wildman–Crippen LogP) is 5.63. The lowest BCUT2D eigenvalue weighted by Gasteiger charge is -2.11. The van der Waals surface area contributed by atoms with Crippen LogP contribution in [0.1, 0.15) is 11.3 Å². The summed E-state index contributed by atoms with van der Waals surface area (Å²) in [4.78, 5) is 4.16. The fourth-order valence-electron chi connectivity index (χ4n) is 2.53. The number of anilines is 1. The maximum Gasteiger partial charge on any atom is 0.263 e. The van der Waals surface area contributed by atoms with E-state index in [1.165, 1.54) is 12.1 Å². The van der Waals surface area contributed by atoms with Crippen molar-refractivity contribution < 1.29 is 8.42 Å². The first-order valence-corrected chi connectivity index (χ1v) is 10.6. The molecule has 0 fully saturated rings. The van der Waals surface area contributed by atoms with Gasteiger partial charge in [0.2, 0.25) is 0 Å². The van der Waals surface area contributed by atoms with E-state index in [0.29, 0.717) is 5.69 Å². The van der Waals surface area contributed by atoms with Gasteiger partial charge in [0.05, 0.1) is 15.1 Å². The molecular weight excluding hydrogens is 427 g/mol. The molecule has 27 heavy (non-hydrogen) atoms. The topological polar surface area (TPSA) is 59.1 Å². The van der Waals surface area contributed by atoms with E-state index in [1.54, 1.807) is 24.4 Å². The smallest absolute Gasteiger partial charge is 0.263 e. The van der Waals surface area contributed by atoms with Gasteiger partial charge >= 0.3 is 0 Å². The number of benzene rings is 2. The first-order chi connectivity index (χ1) is 12.8. The number of halogens is 3. The summed E-state index contributed by atoms with van der Waals surface area (Å²) in [5.41, 5.74) is 2.41. The molecule has 0 saturated carbocycles. The summed E-state index contributed by atoms with van der Waals surface area (Å²) in [6.45, 7) is 0. The van der Waals surface area contributed by atoms with Crippen LogP contribution in [-0.2, 0) is 22.9 Å². The minimum atomic E-state index is -3.90. The van der Waals surface area contributed by atoms with E-state index in [1.807, 2.05) is 24.3 Å². The lowest BCUT2D eigenvalue weighted by Crippen LogP contribution is -2.13. The van der Waals surface area contributed by atoms with E-state index in [9.17, 15) is 8.42 Å². The molecule has 140 valence electrons. The Kier molecular flexibility index (Phi) is 6.27. The number of hydrogen-bond donors (Lipinski definition) is 1. The third-order valence-electron chi connectivity index (χ3n) is 3.84. The highest BCUT2D eigenvalue weighted by molar-refractivity contribution is 7.92. The van der Waals surface area contributed by atoms with Gasteiger partial charge in [-0.25, -0.2) is 8.42 Å². The fraction of sp³-hybridized carbons (Fsp3) is 0.105. The second kappa shape index (κ2) is 8.48. The van der Waals surface area contributed by atoms with E-state index in [4.69, 9.17) is 34.8 Å². The Bertz CT molecular complexity index is 1060. The van der Waals surface area contributed by atoms with Crippen LogP contribution in [0.4, 0.5) is 5.69 Å². The Morgan fingerprint density at radius 2 is 1.63 bits per heavy atom. The predicted molar refractivity (Wildman–Crippen MR) is 110 cm³/mol. The molecule has 0 amide bonds. The summed E-state index contributed by atoms with van der Waals surface area (Å²) < 4.78 is 27.9. The standard InChI is InChI=1S/C19H15Cl3N2O2S/c20-16-11-18(22)19(12-17(16)21)27(25,26)24-15-6-3-4-13(10-15)7-8-14-5-1-2-9-23-14/h1-6,9-12,24H,7-8H2. The van der Waals surface area contributed by atoms with E-state index in [0.717, 1.165) is 24.1 Å². The zero-order valence-electron chi connectivity index (χ0n) is 14.0. The molecular formula is C19H15Cl3N2O2S. The maximum atomic E-state index is 12.7. The minimum Gasteiger partial charge on any atom is -0.280 e. The van der Waals surface area contributed by atoms with Crippen LogP contribution in [-0.4, -0.2) is 13.4 Å². The summed E-state index contributed by atoms with van der Waals surface area (Å²) in [5, 5.41) is 0.311. The molecule has 2 aromatic carbocycles. The summed E-state index contributed by atoms with van der Waals surface area (Å²) >= 11 is 17.8. The highest BCUT2D eigenvalue weighted by Gasteiger charge is 2.20. The number of aromatic nitrogens is 1. The lowest BCUT2D eigenvalue weighted by molar-refractivity contribution is 0.601. The molecule has 0 atom stereocenters. The van der Waals surface area contributed by atoms with Gasteiger partial charge in [-0.15, -0.1) is 0 Å². The van der Waals surface area contributed by atoms with Crippen LogP contribution < -0.4 is 4.72 Å². The summed E-state index contributed by atoms with van der Waals surface area (Å²) in [6, 6.07) is 15.5. The molecule has 0 aliphatic rings. The molecule has 1 heterocycles. The van der Waals surface area contributed by atoms with Gasteiger partial charge in [0.25, 0.3) is 10.0 Å². The largest absolute Gasteiger partial charge is 0.280 e. The molecule has 4 nitrogen and oxygen atoms in total. The van der Waals surface area contributed by atoms with Crippen molar-refractivity contribution in [3.8, 4) is 0 Å². The van der Waals surface area contributed by atoms with Crippen LogP contribution in [0.2, 0.25) is 15.1 Å². The normalized spacial score (nSPS) is 11.4. The van der Waals surface area contributed by atoms with E-state index < -0.39 is 10.0 Å². The molecule has 0 saturated heterocycles. The molecule has 0 aliphatic carbocycles. The lowest BCUT2D eigenvalue weighted by atomic mass is 10.1. The number of aryl methyl sites for hydroxylation is 2. The molecule has 0 spiro atoms. The highest BCUT2D eigenvalue weighted by atomic mass is 35.5. The Hall–Kier alpha value is -1.79. The Balaban J connectivity index is 1.78. The third kappa shape index (κ3) is 5.14. The monoisotopic (exact) mass is 440 g/mol. The molecule has 3 aromatic rings. The third-order valence-corrected chi connectivity index (χ3v) is 6.41. The molecule has 0 radical (unpaired) electrons. The van der Waals surface area contributed by atoms with Crippen LogP contribution in [0, 0.1) is 0 Å². The molecule has 0 aliphatic heterocycles. The van der Waals surface area contributed by atoms with E-state index in [-0.39, 0.29) is 20.0 Å². The number of rotatable bonds is 6. The summed E-state index contributed by atoms with van der Waals surface area (Å²) in [5.74, 6) is 0. The van der Waals surface area contributed by atoms with Crippen molar-refractivity contribution in [2.24, 2.45) is 0 Å². The summed E-state index contributed by atoms with van der Waals surface area (Å²) in [6.07, 6.45) is 3.25. The zero-order chi connectivity index (χ0) is 19.4. The average molecular weight is 442 g/mol. The van der Waals surface area contributed by atoms with Gasteiger partial charge in [-0.2, -0.15) is 0 Å². The highest BCUT2D eigenvalue weighted by Crippen LogP contribution is 2.32. The second-order valence-electron chi connectivity index (χ2n) is 5.82. The first kappa shape index (κ1) is 20.0. The molecule has 0 unspecified atom stereocenters. The number of nitrogens with one attached hydrogen (secondary N) is 1. The van der Waals surface area contributed by atoms with Crippen LogP contribution in [0.25, 0.3) is 0 Å². The summed E-state index contributed by atoms with van der Waals surface area (Å²) in [7, 11) is -3.90. The molecule has 0 bridgehead atoms. The van der Waals surface area contributed by atoms with Crippen molar-refractivity contribution in [1.29, 1.82) is 0 Å². The molecule has 1 N–H and O–H groups in total. The number of hydrogen-bond acceptors (Lipinski definition) is 3. The maximum absolute atomic E-state index is 12.7. The van der Waals surface area contributed by atoms with Crippen molar-refractivity contribution in [2.75, 3.05) is 4.72 Å². The zero-order valence-corrected chi connectivity index (χ0v) is 17.1. The average Bonchev–Trinajstić information content (AvgIpc) is 2.64. The van der Waals surface area contributed by atoms with E-state index >= 15 is 0 Å². The quantitative estimate of drug-likeness (QED) is 0.504. The van der Waals surface area contributed by atoms with E-state index in [2.05, 4.69) is 9.71 Å². The van der Waals surface area contributed by atoms with Gasteiger partial charge in [0.15, 0.2) is 0 Å². The number of nitrogens with zero attached hydrogens (tertiary/aromatic N) is 1. The van der Waals surface area contributed by atoms with Gasteiger partial charge in [-0.3, -0.25) is 9.71 Å². The Morgan fingerprint density at radius 1 is 0.852 bits per heavy atom. The van der Waals surface area contributed by atoms with Crippen molar-refractivity contribution in [1.82, 2.24) is 4.98 Å². The second-order valence-corrected chi connectivity index (χ2v) is 8.70. The number of sulfonamides is 1. The SMILES string of the molecule is O=S(=O)(Nc1cccc(CCc2ccccn2)c1)c1cc(Cl)c(Cl)cc1Cl. The van der Waals surface area contributed by atoms with Crippen molar-refractivity contribution in [3.63, 3.8) is 0 Å². The van der Waals surface area contributed by atoms with Crippen LogP contribution >= 0.6 is 34.8 Å². The molecule has 3 rings (SSSR count). The van der Waals surface area contributed by atoms with Crippen LogP contribution in [0.5, 0.6) is 0 Å². The van der Waals surface area contributed by atoms with Crippen LogP contribution in [0.3, 0.4) is 0 Å². The van der Waals surface area contributed by atoms with Gasteiger partial charge in [-0.1, -0.05) is 53.0 Å². The first-order valence-electron chi connectivity index (χ1n) is 8.01. The van der Waals surface area contributed by atoms with Gasteiger partial charge in [-0.05, 0) is 54.8 Å². The van der Waals surface area contributed by atoms with Crippen molar-refractivity contribution in [3.05, 3.63) is 87.1 Å². The number of pyridine rings is 1. The van der Waals surface area contributed by atoms with Crippen molar-refractivity contribution >= 4 is 50.5 Å².